The van der Waals surface area contributed by atoms with Crippen molar-refractivity contribution < 1.29 is 4.74 Å². The van der Waals surface area contributed by atoms with Crippen LogP contribution in [0.25, 0.3) is 21.3 Å². The lowest BCUT2D eigenvalue weighted by Gasteiger charge is -2.11. The van der Waals surface area contributed by atoms with E-state index in [0.29, 0.717) is 11.6 Å². The molecule has 0 saturated heterocycles. The first-order chi connectivity index (χ1) is 11.1. The lowest BCUT2D eigenvalue weighted by molar-refractivity contribution is 0.417. The van der Waals surface area contributed by atoms with Crippen molar-refractivity contribution >= 4 is 60.0 Å². The molecule has 0 fully saturated rings. The zero-order valence-electron chi connectivity index (χ0n) is 11.8. The zero-order chi connectivity index (χ0) is 16.0. The van der Waals surface area contributed by atoms with Crippen LogP contribution in [0.15, 0.2) is 33.9 Å². The molecule has 0 aliphatic carbocycles. The fraction of sp³-hybridized carbons (Fsp3) is 0.0714. The van der Waals surface area contributed by atoms with Gasteiger partial charge in [0.2, 0.25) is 0 Å². The van der Waals surface area contributed by atoms with Crippen molar-refractivity contribution in [1.82, 2.24) is 19.9 Å². The molecule has 4 rings (SSSR count). The number of thiazole rings is 1. The van der Waals surface area contributed by atoms with E-state index >= 15 is 0 Å². The maximum Gasteiger partial charge on any atom is 0.305 e. The molecule has 9 heteroatoms. The Bertz CT molecular complexity index is 1080. The van der Waals surface area contributed by atoms with Gasteiger partial charge in [0.1, 0.15) is 23.5 Å². The van der Waals surface area contributed by atoms with Gasteiger partial charge >= 0.3 is 4.87 Å². The summed E-state index contributed by atoms with van der Waals surface area (Å²) in [4.78, 5) is 25.8. The lowest BCUT2D eigenvalue weighted by Crippen LogP contribution is -1.98. The molecule has 0 aliphatic heterocycles. The Hall–Kier alpha value is -2.39. The monoisotopic (exact) mass is 391 g/mol. The van der Waals surface area contributed by atoms with Gasteiger partial charge in [-0.25, -0.2) is 9.97 Å². The molecule has 4 aromatic rings. The molecule has 3 N–H and O–H groups in total. The summed E-state index contributed by atoms with van der Waals surface area (Å²) in [6.45, 7) is 0. The van der Waals surface area contributed by atoms with Gasteiger partial charge in [-0.2, -0.15) is 0 Å². The number of aromatic amines is 2. The molecule has 0 unspecified atom stereocenters. The van der Waals surface area contributed by atoms with Crippen LogP contribution in [0.4, 0.5) is 11.5 Å². The normalized spacial score (nSPS) is 11.2. The predicted molar refractivity (Wildman–Crippen MR) is 93.9 cm³/mol. The second-order valence-corrected chi connectivity index (χ2v) is 6.66. The zero-order valence-corrected chi connectivity index (χ0v) is 14.2. The second kappa shape index (κ2) is 5.36. The molecule has 0 bridgehead atoms. The number of aromatic nitrogens is 4. The van der Waals surface area contributed by atoms with Crippen LogP contribution in [-0.2, 0) is 0 Å². The molecule has 3 heterocycles. The van der Waals surface area contributed by atoms with E-state index in [4.69, 9.17) is 4.74 Å². The average molecular weight is 392 g/mol. The van der Waals surface area contributed by atoms with E-state index in [1.54, 1.807) is 13.2 Å². The Morgan fingerprint density at radius 3 is 2.96 bits per heavy atom. The number of hydrogen-bond donors (Lipinski definition) is 3. The summed E-state index contributed by atoms with van der Waals surface area (Å²) in [5.41, 5.74) is 2.20. The molecule has 7 nitrogen and oxygen atoms in total. The highest BCUT2D eigenvalue weighted by Gasteiger charge is 2.12. The molecule has 0 radical (unpaired) electrons. The molecule has 0 amide bonds. The fourth-order valence-electron chi connectivity index (χ4n) is 2.38. The number of fused-ring (bicyclic) bond motifs is 2. The number of anilines is 2. The van der Waals surface area contributed by atoms with Crippen LogP contribution in [0.5, 0.6) is 5.75 Å². The van der Waals surface area contributed by atoms with E-state index in [2.05, 4.69) is 41.2 Å². The molecular weight excluding hydrogens is 382 g/mol. The number of nitrogens with one attached hydrogen (secondary N) is 3. The molecule has 116 valence electrons. The van der Waals surface area contributed by atoms with E-state index in [1.165, 1.54) is 6.33 Å². The molecule has 0 atom stereocenters. The van der Waals surface area contributed by atoms with Gasteiger partial charge in [-0.15, -0.1) is 0 Å². The summed E-state index contributed by atoms with van der Waals surface area (Å²) in [7, 11) is 1.58. The minimum Gasteiger partial charge on any atom is -0.494 e. The van der Waals surface area contributed by atoms with E-state index < -0.39 is 0 Å². The van der Waals surface area contributed by atoms with Crippen molar-refractivity contribution in [2.24, 2.45) is 0 Å². The van der Waals surface area contributed by atoms with Crippen molar-refractivity contribution in [2.45, 2.75) is 0 Å². The predicted octanol–water partition coefficient (Wildman–Crippen LogP) is 3.38. The van der Waals surface area contributed by atoms with Gasteiger partial charge in [0, 0.05) is 6.07 Å². The highest BCUT2D eigenvalue weighted by atomic mass is 79.9. The van der Waals surface area contributed by atoms with Crippen molar-refractivity contribution in [3.8, 4) is 5.75 Å². The van der Waals surface area contributed by atoms with Crippen LogP contribution < -0.4 is 14.9 Å². The molecule has 23 heavy (non-hydrogen) atoms. The van der Waals surface area contributed by atoms with Crippen molar-refractivity contribution in [1.29, 1.82) is 0 Å². The summed E-state index contributed by atoms with van der Waals surface area (Å²) in [5, 5.41) is 4.11. The van der Waals surface area contributed by atoms with Gasteiger partial charge in [0.15, 0.2) is 0 Å². The molecule has 0 saturated carbocycles. The Balaban J connectivity index is 1.86. The van der Waals surface area contributed by atoms with Gasteiger partial charge in [-0.05, 0) is 28.1 Å². The number of ether oxygens (including phenoxy) is 1. The Labute approximate surface area is 141 Å². The van der Waals surface area contributed by atoms with E-state index in [1.807, 2.05) is 12.1 Å². The smallest absolute Gasteiger partial charge is 0.305 e. The summed E-state index contributed by atoms with van der Waals surface area (Å²) in [5.74, 6) is 1.27. The van der Waals surface area contributed by atoms with Gasteiger partial charge in [0.25, 0.3) is 0 Å². The van der Waals surface area contributed by atoms with Gasteiger partial charge in [0.05, 0.1) is 33.0 Å². The largest absolute Gasteiger partial charge is 0.494 e. The second-order valence-electron chi connectivity index (χ2n) is 4.79. The Morgan fingerprint density at radius 2 is 2.13 bits per heavy atom. The molecular formula is C14H10BrN5O2S. The molecule has 0 spiro atoms. The van der Waals surface area contributed by atoms with Crippen LogP contribution in [0.3, 0.4) is 0 Å². The van der Waals surface area contributed by atoms with Crippen LogP contribution in [0.2, 0.25) is 0 Å². The van der Waals surface area contributed by atoms with Crippen molar-refractivity contribution in [3.05, 3.63) is 38.8 Å². The molecule has 3 aromatic heterocycles. The highest BCUT2D eigenvalue weighted by Crippen LogP contribution is 2.34. The van der Waals surface area contributed by atoms with Gasteiger partial charge in [-0.1, -0.05) is 11.3 Å². The SMILES string of the molecule is COc1cc2[nH]c(=O)sc2cc1Nc1ncnc2[nH]c(Br)cc12. The first-order valence-electron chi connectivity index (χ1n) is 6.61. The number of methoxy groups -OCH3 is 1. The van der Waals surface area contributed by atoms with Crippen LogP contribution in [-0.4, -0.2) is 27.0 Å². The third kappa shape index (κ3) is 2.47. The average Bonchev–Trinajstić information content (AvgIpc) is 3.07. The number of rotatable bonds is 3. The quantitative estimate of drug-likeness (QED) is 0.497. The first kappa shape index (κ1) is 14.2. The molecule has 1 aromatic carbocycles. The number of halogens is 1. The van der Waals surface area contributed by atoms with Gasteiger partial charge < -0.3 is 20.0 Å². The standard InChI is InChI=1S/C14H10BrN5O2S/c1-22-9-3-8-10(23-14(21)19-8)4-7(9)18-12-6-2-11(15)20-13(6)17-5-16-12/h2-5H,1H3,(H,19,21)(H2,16,17,18,20). The lowest BCUT2D eigenvalue weighted by atomic mass is 10.2. The third-order valence-corrected chi connectivity index (χ3v) is 4.66. The van der Waals surface area contributed by atoms with Crippen LogP contribution >= 0.6 is 27.3 Å². The minimum atomic E-state index is -0.0989. The number of nitrogens with zero attached hydrogens (tertiary/aromatic N) is 2. The van der Waals surface area contributed by atoms with Crippen LogP contribution in [0, 0.1) is 0 Å². The van der Waals surface area contributed by atoms with Crippen LogP contribution in [0.1, 0.15) is 0 Å². The highest BCUT2D eigenvalue weighted by molar-refractivity contribution is 9.10. The number of hydrogen-bond acceptors (Lipinski definition) is 6. The topological polar surface area (TPSA) is 95.7 Å². The van der Waals surface area contributed by atoms with Crippen molar-refractivity contribution in [2.75, 3.05) is 12.4 Å². The van der Waals surface area contributed by atoms with Crippen molar-refractivity contribution in [3.63, 3.8) is 0 Å². The summed E-state index contributed by atoms with van der Waals surface area (Å²) in [6.07, 6.45) is 1.48. The van der Waals surface area contributed by atoms with E-state index in [9.17, 15) is 4.79 Å². The maximum absolute atomic E-state index is 11.5. The van der Waals surface area contributed by atoms with E-state index in [0.717, 1.165) is 42.9 Å². The first-order valence-corrected chi connectivity index (χ1v) is 8.22. The van der Waals surface area contributed by atoms with E-state index in [-0.39, 0.29) is 4.87 Å². The maximum atomic E-state index is 11.5. The summed E-state index contributed by atoms with van der Waals surface area (Å²) >= 11 is 4.55. The number of H-pyrrole nitrogens is 2. The summed E-state index contributed by atoms with van der Waals surface area (Å²) in [6, 6.07) is 5.56. The third-order valence-electron chi connectivity index (χ3n) is 3.39. The van der Waals surface area contributed by atoms with Gasteiger partial charge in [-0.3, -0.25) is 4.79 Å². The number of benzene rings is 1. The Morgan fingerprint density at radius 1 is 1.26 bits per heavy atom. The minimum absolute atomic E-state index is 0.0989. The molecule has 0 aliphatic rings. The Kier molecular flexibility index (Phi) is 3.31. The fourth-order valence-corrected chi connectivity index (χ4v) is 3.55. The summed E-state index contributed by atoms with van der Waals surface area (Å²) < 4.78 is 7.08.